The van der Waals surface area contributed by atoms with E-state index < -0.39 is 43.1 Å². The number of H-pyrrole nitrogens is 1. The van der Waals surface area contributed by atoms with Crippen LogP contribution in [0.1, 0.15) is 125 Å². The van der Waals surface area contributed by atoms with Crippen molar-refractivity contribution in [3.63, 3.8) is 0 Å². The van der Waals surface area contributed by atoms with Crippen LogP contribution in [0.5, 0.6) is 17.2 Å². The highest BCUT2D eigenvalue weighted by atomic mass is 32.2. The van der Waals surface area contributed by atoms with Crippen LogP contribution in [0.4, 0.5) is 22.9 Å². The van der Waals surface area contributed by atoms with Gasteiger partial charge in [-0.3, -0.25) is 19.8 Å². The lowest BCUT2D eigenvalue weighted by Gasteiger charge is -2.56. The Morgan fingerprint density at radius 2 is 1.76 bits per heavy atom. The van der Waals surface area contributed by atoms with Crippen molar-refractivity contribution in [2.45, 2.75) is 133 Å². The van der Waals surface area contributed by atoms with E-state index in [2.05, 4.69) is 73.2 Å². The van der Waals surface area contributed by atoms with E-state index in [1.165, 1.54) is 42.9 Å². The Morgan fingerprint density at radius 3 is 2.49 bits per heavy atom. The van der Waals surface area contributed by atoms with E-state index in [0.717, 1.165) is 49.6 Å². The summed E-state index contributed by atoms with van der Waals surface area (Å²) in [6, 6.07) is 20.5. The Labute approximate surface area is 414 Å². The summed E-state index contributed by atoms with van der Waals surface area (Å²) >= 11 is 0. The molecule has 1 spiro atoms. The maximum atomic E-state index is 14.4. The van der Waals surface area contributed by atoms with E-state index >= 15 is 0 Å². The van der Waals surface area contributed by atoms with Crippen LogP contribution in [-0.2, 0) is 10.0 Å². The molecular formula is C53H66N8O9S. The number of piperidine rings is 1. The Bertz CT molecular complexity index is 2910. The first-order valence-corrected chi connectivity index (χ1v) is 26.8. The number of hydrogen-bond donors (Lipinski definition) is 6. The van der Waals surface area contributed by atoms with Crippen molar-refractivity contribution in [1.82, 2.24) is 19.6 Å². The normalized spacial score (nSPS) is 23.9. The molecular weight excluding hydrogens is 925 g/mol. The van der Waals surface area contributed by atoms with Crippen molar-refractivity contribution in [3.05, 3.63) is 99.7 Å². The number of nitro groups is 1. The number of aliphatic hydroxyl groups is 2. The van der Waals surface area contributed by atoms with Gasteiger partial charge in [0.15, 0.2) is 23.0 Å². The number of anilines is 3. The summed E-state index contributed by atoms with van der Waals surface area (Å²) in [6.45, 7) is 11.0. The number of aliphatic hydroxyl groups excluding tert-OH is 1. The van der Waals surface area contributed by atoms with Gasteiger partial charge in [0.05, 0.1) is 33.1 Å². The Balaban J connectivity index is 0.891. The monoisotopic (exact) mass is 990 g/mol. The largest absolute Gasteiger partial charge is 0.489 e. The maximum Gasteiger partial charge on any atom is 0.297 e. The molecule has 18 heteroatoms. The van der Waals surface area contributed by atoms with Crippen LogP contribution in [-0.4, -0.2) is 101 Å². The number of aromatic amines is 1. The van der Waals surface area contributed by atoms with Crippen molar-refractivity contribution >= 4 is 49.8 Å². The van der Waals surface area contributed by atoms with Crippen LogP contribution >= 0.6 is 0 Å². The Morgan fingerprint density at radius 1 is 1.00 bits per heavy atom. The summed E-state index contributed by atoms with van der Waals surface area (Å²) in [7, 11) is -4.72. The van der Waals surface area contributed by atoms with Crippen molar-refractivity contribution in [2.24, 2.45) is 11.3 Å². The number of hydrogen-bond acceptors (Lipinski definition) is 14. The SMILES string of the molecule is CC(C)c1ccccc1[C@H]1CCCN1C1CC2(CCN(c3ccc(C(=O)NS(=O)(=O)c4cc5c(c([N+](=O)[O-])c4)N[C@@H](C4CCC(C)(O)CC4)CO5)c(Oc4cc5cc[nH]c5nc4NC[C@@H](C)O)c3)CC2)C1. The second kappa shape index (κ2) is 19.2. The number of nitro benzene ring substituents is 1. The number of carbonyl (C=O) groups excluding carboxylic acids is 1. The molecule has 0 radical (unpaired) electrons. The van der Waals surface area contributed by atoms with Gasteiger partial charge < -0.3 is 40.2 Å². The minimum absolute atomic E-state index is 0.0160. The lowest BCUT2D eigenvalue weighted by Crippen LogP contribution is -2.54. The number of benzene rings is 3. The van der Waals surface area contributed by atoms with Gasteiger partial charge in [0, 0.05) is 67.2 Å². The van der Waals surface area contributed by atoms with E-state index in [-0.39, 0.29) is 59.0 Å². The van der Waals surface area contributed by atoms with Crippen molar-refractivity contribution < 1.29 is 37.8 Å². The molecule has 5 aromatic rings. The van der Waals surface area contributed by atoms with Crippen LogP contribution < -0.4 is 29.7 Å². The van der Waals surface area contributed by atoms with Gasteiger partial charge in [-0.15, -0.1) is 0 Å². The standard InChI is InChI=1S/C53H66N8O9S/c1-32(2)39-8-5-6-9-40(39)43-10-7-21-60(43)37-28-53(29-37)18-22-59(23-19-53)36-11-12-41(45(25-36)70-47-24-35-15-20-54-49(35)57-50(47)55-30-33(3)62)51(63)58-71(67,68)38-26-44(61(65)66)48-46(27-38)69-31-42(56-48)34-13-16-52(4,64)17-14-34/h5-6,8-9,11-12,15,20,24-27,32-34,37,42-43,56,62,64H,7,10,13-14,16-19,21-23,28-31H2,1-4H3,(H,58,63)(H2,54,55,57)/t33-,34?,42-,43-,52?/m1/s1. The first-order valence-electron chi connectivity index (χ1n) is 25.3. The van der Waals surface area contributed by atoms with E-state index in [1.807, 2.05) is 6.07 Å². The third-order valence-corrected chi connectivity index (χ3v) is 17.3. The molecule has 3 aliphatic heterocycles. The lowest BCUT2D eigenvalue weighted by molar-refractivity contribution is -0.384. The highest BCUT2D eigenvalue weighted by molar-refractivity contribution is 7.90. The summed E-state index contributed by atoms with van der Waals surface area (Å²) in [6.07, 6.45) is 10.4. The quantitative estimate of drug-likeness (QED) is 0.0451. The van der Waals surface area contributed by atoms with Gasteiger partial charge in [-0.2, -0.15) is 0 Å². The van der Waals surface area contributed by atoms with E-state index in [4.69, 9.17) is 9.47 Å². The summed E-state index contributed by atoms with van der Waals surface area (Å²) in [5.41, 5.74) is 3.27. The molecule has 5 heterocycles. The molecule has 0 bridgehead atoms. The number of carbonyl (C=O) groups is 1. The van der Waals surface area contributed by atoms with Gasteiger partial charge in [0.2, 0.25) is 0 Å². The molecule has 17 nitrogen and oxygen atoms in total. The molecule has 2 saturated carbocycles. The number of pyridine rings is 1. The highest BCUT2D eigenvalue weighted by Crippen LogP contribution is 2.54. The van der Waals surface area contributed by atoms with Crippen molar-refractivity contribution in [3.8, 4) is 17.2 Å². The summed E-state index contributed by atoms with van der Waals surface area (Å²) in [4.78, 5) is 38.5. The minimum atomic E-state index is -4.72. The summed E-state index contributed by atoms with van der Waals surface area (Å²) < 4.78 is 43.0. The number of ether oxygens (including phenoxy) is 2. The lowest BCUT2D eigenvalue weighted by atomic mass is 9.59. The number of aromatic nitrogens is 2. The zero-order chi connectivity index (χ0) is 49.8. The smallest absolute Gasteiger partial charge is 0.297 e. The first-order chi connectivity index (χ1) is 33.9. The van der Waals surface area contributed by atoms with Gasteiger partial charge in [0.1, 0.15) is 18.0 Å². The molecule has 3 aromatic carbocycles. The number of nitrogens with zero attached hydrogens (tertiary/aromatic N) is 4. The average Bonchev–Trinajstić information content (AvgIpc) is 4.02. The number of fused-ring (bicyclic) bond motifs is 2. The second-order valence-electron chi connectivity index (χ2n) is 21.4. The fourth-order valence-corrected chi connectivity index (χ4v) is 12.9. The van der Waals surface area contributed by atoms with Gasteiger partial charge >= 0.3 is 0 Å². The Hall–Kier alpha value is -5.95. The average molecular weight is 991 g/mol. The van der Waals surface area contributed by atoms with E-state index in [9.17, 15) is 33.5 Å². The van der Waals surface area contributed by atoms with E-state index in [1.54, 1.807) is 44.3 Å². The minimum Gasteiger partial charge on any atom is -0.489 e. The van der Waals surface area contributed by atoms with Gasteiger partial charge in [0.25, 0.3) is 21.6 Å². The molecule has 2 aromatic heterocycles. The predicted octanol–water partition coefficient (Wildman–Crippen LogP) is 9.00. The van der Waals surface area contributed by atoms with Gasteiger partial charge in [-0.05, 0) is 137 Å². The molecule has 5 aliphatic rings. The van der Waals surface area contributed by atoms with Crippen LogP contribution in [0.15, 0.2) is 77.8 Å². The molecule has 0 unspecified atom stereocenters. The Kier molecular flexibility index (Phi) is 13.2. The van der Waals surface area contributed by atoms with Crippen molar-refractivity contribution in [2.75, 3.05) is 48.3 Å². The number of likely N-dealkylation sites (tertiary alicyclic amines) is 1. The predicted molar refractivity (Wildman–Crippen MR) is 272 cm³/mol. The van der Waals surface area contributed by atoms with Crippen LogP contribution in [0, 0.1) is 21.4 Å². The molecule has 1 amide bonds. The van der Waals surface area contributed by atoms with E-state index in [0.29, 0.717) is 55.1 Å². The molecule has 10 rings (SSSR count). The first kappa shape index (κ1) is 48.7. The van der Waals surface area contributed by atoms with Gasteiger partial charge in [-0.1, -0.05) is 38.1 Å². The molecule has 2 saturated heterocycles. The van der Waals surface area contributed by atoms with Gasteiger partial charge in [-0.25, -0.2) is 18.1 Å². The molecule has 71 heavy (non-hydrogen) atoms. The number of rotatable bonds is 14. The third kappa shape index (κ3) is 10.00. The number of sulfonamides is 1. The molecule has 6 N–H and O–H groups in total. The molecule has 378 valence electrons. The zero-order valence-electron chi connectivity index (χ0n) is 40.9. The second-order valence-corrected chi connectivity index (χ2v) is 23.1. The fourth-order valence-electron chi connectivity index (χ4n) is 11.9. The number of amides is 1. The molecule has 2 aliphatic carbocycles. The van der Waals surface area contributed by atoms with Crippen molar-refractivity contribution in [1.29, 1.82) is 0 Å². The fraction of sp³-hybridized carbons (Fsp3) is 0.509. The van der Waals surface area contributed by atoms with Crippen LogP contribution in [0.2, 0.25) is 0 Å². The molecule has 4 fully saturated rings. The maximum absolute atomic E-state index is 14.4. The topological polar surface area (TPSA) is 225 Å². The number of nitrogens with one attached hydrogen (secondary N) is 4. The van der Waals surface area contributed by atoms with Crippen LogP contribution in [0.25, 0.3) is 11.0 Å². The zero-order valence-corrected chi connectivity index (χ0v) is 41.8. The highest BCUT2D eigenvalue weighted by Gasteiger charge is 2.50. The summed E-state index contributed by atoms with van der Waals surface area (Å²) in [5, 5.41) is 40.2. The molecule has 3 atom stereocenters. The third-order valence-electron chi connectivity index (χ3n) is 16.0. The van der Waals surface area contributed by atoms with Crippen LogP contribution in [0.3, 0.4) is 0 Å². The summed E-state index contributed by atoms with van der Waals surface area (Å²) in [5.74, 6) is 0.145.